The van der Waals surface area contributed by atoms with Crippen LogP contribution in [0.2, 0.25) is 0 Å². The highest BCUT2D eigenvalue weighted by Crippen LogP contribution is 2.22. The lowest BCUT2D eigenvalue weighted by molar-refractivity contribution is -0.136. The van der Waals surface area contributed by atoms with Crippen LogP contribution in [0.1, 0.15) is 25.7 Å². The van der Waals surface area contributed by atoms with Gasteiger partial charge in [0.25, 0.3) is 0 Å². The Labute approximate surface area is 125 Å². The Hall–Kier alpha value is -1.34. The van der Waals surface area contributed by atoms with Crippen LogP contribution in [0, 0.1) is 0 Å². The number of aryl methyl sites for hydroxylation is 1. The number of hydrogen-bond acceptors (Lipinski definition) is 6. The smallest absolute Gasteiger partial charge is 0.304 e. The molecule has 0 aliphatic carbocycles. The summed E-state index contributed by atoms with van der Waals surface area (Å²) in [6, 6.07) is 3.92. The van der Waals surface area contributed by atoms with E-state index < -0.39 is 5.97 Å². The molecule has 1 N–H and O–H groups in total. The zero-order chi connectivity index (χ0) is 14.4. The van der Waals surface area contributed by atoms with E-state index >= 15 is 0 Å². The predicted molar refractivity (Wildman–Crippen MR) is 80.1 cm³/mol. The molecule has 0 spiro atoms. The summed E-state index contributed by atoms with van der Waals surface area (Å²) in [6.07, 6.45) is 1.83. The summed E-state index contributed by atoms with van der Waals surface area (Å²) in [5.74, 6) is 1.43. The SMILES string of the molecule is CC(CC(=O)O)SCCCc1nc(-c2cccs2)no1. The molecule has 2 aromatic rings. The first kappa shape index (κ1) is 15.1. The van der Waals surface area contributed by atoms with Crippen molar-refractivity contribution in [2.24, 2.45) is 0 Å². The molecule has 0 fully saturated rings. The first-order valence-corrected chi connectivity index (χ1v) is 8.28. The number of aliphatic carboxylic acids is 1. The van der Waals surface area contributed by atoms with Gasteiger partial charge in [0.05, 0.1) is 11.3 Å². The van der Waals surface area contributed by atoms with Crippen LogP contribution in [0.4, 0.5) is 0 Å². The number of thiophene rings is 1. The fraction of sp³-hybridized carbons (Fsp3) is 0.462. The molecule has 0 aliphatic heterocycles. The average Bonchev–Trinajstić information content (AvgIpc) is 3.04. The molecular formula is C13H16N2O3S2. The van der Waals surface area contributed by atoms with E-state index in [-0.39, 0.29) is 11.7 Å². The highest BCUT2D eigenvalue weighted by atomic mass is 32.2. The molecule has 0 saturated carbocycles. The number of nitrogens with zero attached hydrogens (tertiary/aromatic N) is 2. The third-order valence-electron chi connectivity index (χ3n) is 2.61. The van der Waals surface area contributed by atoms with Gasteiger partial charge in [-0.15, -0.1) is 11.3 Å². The number of aromatic nitrogens is 2. The second-order valence-electron chi connectivity index (χ2n) is 4.37. The van der Waals surface area contributed by atoms with Crippen LogP contribution in [0.5, 0.6) is 0 Å². The number of carboxylic acid groups (broad SMARTS) is 1. The van der Waals surface area contributed by atoms with E-state index in [4.69, 9.17) is 9.63 Å². The highest BCUT2D eigenvalue weighted by molar-refractivity contribution is 7.99. The quantitative estimate of drug-likeness (QED) is 0.753. The Kier molecular flexibility index (Phi) is 5.60. The molecule has 0 aliphatic rings. The summed E-state index contributed by atoms with van der Waals surface area (Å²) in [6.45, 7) is 1.93. The molecule has 1 unspecified atom stereocenters. The van der Waals surface area contributed by atoms with Crippen LogP contribution in [-0.2, 0) is 11.2 Å². The standard InChI is InChI=1S/C13H16N2O3S2/c1-9(8-12(16)17)19-6-3-5-11-14-13(15-18-11)10-4-2-7-20-10/h2,4,7,9H,3,5-6,8H2,1H3,(H,16,17). The van der Waals surface area contributed by atoms with Gasteiger partial charge in [-0.05, 0) is 23.6 Å². The van der Waals surface area contributed by atoms with Gasteiger partial charge in [-0.3, -0.25) is 4.79 Å². The summed E-state index contributed by atoms with van der Waals surface area (Å²) >= 11 is 3.24. The lowest BCUT2D eigenvalue weighted by atomic mass is 10.3. The van der Waals surface area contributed by atoms with E-state index in [1.807, 2.05) is 24.4 Å². The Balaban J connectivity index is 1.71. The molecule has 7 heteroatoms. The zero-order valence-corrected chi connectivity index (χ0v) is 12.7. The fourth-order valence-electron chi connectivity index (χ4n) is 1.68. The lowest BCUT2D eigenvalue weighted by Gasteiger charge is -2.06. The van der Waals surface area contributed by atoms with Crippen molar-refractivity contribution in [2.75, 3.05) is 5.75 Å². The van der Waals surface area contributed by atoms with Crippen molar-refractivity contribution in [1.29, 1.82) is 0 Å². The van der Waals surface area contributed by atoms with Gasteiger partial charge in [0.2, 0.25) is 11.7 Å². The monoisotopic (exact) mass is 312 g/mol. The van der Waals surface area contributed by atoms with Crippen molar-refractivity contribution in [3.05, 3.63) is 23.4 Å². The first-order chi connectivity index (χ1) is 9.65. The van der Waals surface area contributed by atoms with Gasteiger partial charge >= 0.3 is 5.97 Å². The van der Waals surface area contributed by atoms with Gasteiger partial charge in [-0.1, -0.05) is 18.1 Å². The molecular weight excluding hydrogens is 296 g/mol. The summed E-state index contributed by atoms with van der Waals surface area (Å²) in [7, 11) is 0. The summed E-state index contributed by atoms with van der Waals surface area (Å²) in [5, 5.41) is 14.7. The predicted octanol–water partition coefficient (Wildman–Crippen LogP) is 3.33. The van der Waals surface area contributed by atoms with Crippen molar-refractivity contribution in [2.45, 2.75) is 31.4 Å². The molecule has 1 atom stereocenters. The van der Waals surface area contributed by atoms with Crippen LogP contribution in [0.25, 0.3) is 10.7 Å². The maximum Gasteiger partial charge on any atom is 0.304 e. The summed E-state index contributed by atoms with van der Waals surface area (Å²) in [5.41, 5.74) is 0. The molecule has 0 bridgehead atoms. The van der Waals surface area contributed by atoms with Gasteiger partial charge in [-0.25, -0.2) is 0 Å². The molecule has 2 rings (SSSR count). The van der Waals surface area contributed by atoms with Gasteiger partial charge in [0.1, 0.15) is 0 Å². The van der Waals surface area contributed by atoms with E-state index in [1.54, 1.807) is 23.1 Å². The Morgan fingerprint density at radius 1 is 1.60 bits per heavy atom. The van der Waals surface area contributed by atoms with Crippen LogP contribution in [0.3, 0.4) is 0 Å². The number of carbonyl (C=O) groups is 1. The van der Waals surface area contributed by atoms with Crippen molar-refractivity contribution in [3.8, 4) is 10.7 Å². The van der Waals surface area contributed by atoms with Crippen LogP contribution < -0.4 is 0 Å². The van der Waals surface area contributed by atoms with Crippen LogP contribution >= 0.6 is 23.1 Å². The number of carboxylic acids is 1. The van der Waals surface area contributed by atoms with E-state index in [1.165, 1.54) is 0 Å². The second-order valence-corrected chi connectivity index (χ2v) is 6.87. The first-order valence-electron chi connectivity index (χ1n) is 6.35. The molecule has 5 nitrogen and oxygen atoms in total. The topological polar surface area (TPSA) is 76.2 Å². The van der Waals surface area contributed by atoms with E-state index in [9.17, 15) is 4.79 Å². The zero-order valence-electron chi connectivity index (χ0n) is 11.1. The van der Waals surface area contributed by atoms with Crippen molar-refractivity contribution >= 4 is 29.1 Å². The van der Waals surface area contributed by atoms with Crippen LogP contribution in [-0.4, -0.2) is 32.2 Å². The minimum absolute atomic E-state index is 0.136. The van der Waals surface area contributed by atoms with Gasteiger partial charge in [-0.2, -0.15) is 16.7 Å². The highest BCUT2D eigenvalue weighted by Gasteiger charge is 2.10. The van der Waals surface area contributed by atoms with Gasteiger partial charge in [0, 0.05) is 11.7 Å². The molecule has 0 amide bonds. The average molecular weight is 312 g/mol. The van der Waals surface area contributed by atoms with Crippen molar-refractivity contribution in [1.82, 2.24) is 10.1 Å². The maximum atomic E-state index is 10.5. The molecule has 108 valence electrons. The van der Waals surface area contributed by atoms with Gasteiger partial charge in [0.15, 0.2) is 0 Å². The number of hydrogen-bond donors (Lipinski definition) is 1. The second kappa shape index (κ2) is 7.44. The van der Waals surface area contributed by atoms with E-state index in [2.05, 4.69) is 10.1 Å². The van der Waals surface area contributed by atoms with Crippen molar-refractivity contribution < 1.29 is 14.4 Å². The summed E-state index contributed by atoms with van der Waals surface area (Å²) in [4.78, 5) is 15.9. The van der Waals surface area contributed by atoms with E-state index in [0.29, 0.717) is 11.7 Å². The third-order valence-corrected chi connectivity index (χ3v) is 4.73. The van der Waals surface area contributed by atoms with Gasteiger partial charge < -0.3 is 9.63 Å². The maximum absolute atomic E-state index is 10.5. The minimum Gasteiger partial charge on any atom is -0.481 e. The van der Waals surface area contributed by atoms with E-state index in [0.717, 1.165) is 23.5 Å². The van der Waals surface area contributed by atoms with Crippen LogP contribution in [0.15, 0.2) is 22.0 Å². The molecule has 20 heavy (non-hydrogen) atoms. The molecule has 0 aromatic carbocycles. The normalized spacial score (nSPS) is 12.4. The summed E-state index contributed by atoms with van der Waals surface area (Å²) < 4.78 is 5.20. The lowest BCUT2D eigenvalue weighted by Crippen LogP contribution is -2.06. The Bertz CT molecular complexity index is 540. The number of rotatable bonds is 8. The van der Waals surface area contributed by atoms with Crippen molar-refractivity contribution in [3.63, 3.8) is 0 Å². The number of thioether (sulfide) groups is 1. The Morgan fingerprint density at radius 3 is 3.15 bits per heavy atom. The molecule has 0 saturated heterocycles. The largest absolute Gasteiger partial charge is 0.481 e. The minimum atomic E-state index is -0.748. The molecule has 2 heterocycles. The molecule has 2 aromatic heterocycles. The molecule has 0 radical (unpaired) electrons. The fourth-order valence-corrected chi connectivity index (χ4v) is 3.30. The Morgan fingerprint density at radius 2 is 2.45 bits per heavy atom. The third kappa shape index (κ3) is 4.64.